The van der Waals surface area contributed by atoms with Crippen LogP contribution in [0.4, 0.5) is 0 Å². The van der Waals surface area contributed by atoms with Crippen molar-refractivity contribution >= 4 is 33.4 Å². The number of hydrogen-bond donors (Lipinski definition) is 3. The molecule has 8 rings (SSSR count). The van der Waals surface area contributed by atoms with Crippen molar-refractivity contribution in [1.29, 1.82) is 0 Å². The number of fused-ring (bicyclic) bond motifs is 11. The van der Waals surface area contributed by atoms with Crippen molar-refractivity contribution in [1.82, 2.24) is 4.40 Å². The van der Waals surface area contributed by atoms with Gasteiger partial charge in [-0.25, -0.2) is 0 Å². The third-order valence-corrected chi connectivity index (χ3v) is 14.6. The molecule has 2 unspecified atom stereocenters. The molecule has 3 aromatic rings. The van der Waals surface area contributed by atoms with Crippen LogP contribution in [-0.4, -0.2) is 49.6 Å². The molecular weight excluding hydrogens is 638 g/mol. The number of esters is 1. The SMILES string of the molecule is C=CCOC(=O)CC=C[C@]1(C)[C@@H](O)CC[C@@]2(C)[C@H]1CCC1Cc3c(n4c(C(=C)C)c(O)c5c6c(cc3c54)C3=CC(C)(C)OC(C)(C)C3[C@@H]6O)[C@@]12C. The number of nitrogens with zero attached hydrogens (tertiary/aromatic N) is 1. The van der Waals surface area contributed by atoms with E-state index < -0.39 is 28.8 Å². The molecule has 0 bridgehead atoms. The molecule has 3 heterocycles. The van der Waals surface area contributed by atoms with E-state index in [1.165, 1.54) is 11.3 Å². The summed E-state index contributed by atoms with van der Waals surface area (Å²) in [6.07, 6.45) is 11.0. The Bertz CT molecular complexity index is 2080. The highest BCUT2D eigenvalue weighted by atomic mass is 16.5. The summed E-state index contributed by atoms with van der Waals surface area (Å²) in [6, 6.07) is 2.31. The first-order chi connectivity index (χ1) is 23.8. The fraction of sp³-hybridized carbons (Fsp3) is 0.568. The summed E-state index contributed by atoms with van der Waals surface area (Å²) in [5, 5.41) is 38.1. The summed E-state index contributed by atoms with van der Waals surface area (Å²) in [6.45, 7) is 25.5. The molecule has 0 saturated heterocycles. The highest BCUT2D eigenvalue weighted by molar-refractivity contribution is 6.11. The summed E-state index contributed by atoms with van der Waals surface area (Å²) in [4.78, 5) is 12.4. The van der Waals surface area contributed by atoms with E-state index in [0.717, 1.165) is 69.9 Å². The van der Waals surface area contributed by atoms with Gasteiger partial charge in [-0.1, -0.05) is 52.2 Å². The minimum Gasteiger partial charge on any atom is -0.505 e. The van der Waals surface area contributed by atoms with Crippen molar-refractivity contribution in [3.8, 4) is 5.75 Å². The van der Waals surface area contributed by atoms with Crippen LogP contribution in [0.1, 0.15) is 122 Å². The molecule has 7 nitrogen and oxygen atoms in total. The number of aromatic hydroxyl groups is 1. The number of aromatic nitrogens is 1. The van der Waals surface area contributed by atoms with Crippen LogP contribution in [0.5, 0.6) is 5.75 Å². The van der Waals surface area contributed by atoms with Crippen LogP contribution in [-0.2, 0) is 26.1 Å². The average molecular weight is 694 g/mol. The maximum atomic E-state index is 12.4. The van der Waals surface area contributed by atoms with Gasteiger partial charge in [0.2, 0.25) is 0 Å². The van der Waals surface area contributed by atoms with Gasteiger partial charge in [0.05, 0.1) is 41.0 Å². The Labute approximate surface area is 302 Å². The number of carbonyl (C=O) groups is 1. The summed E-state index contributed by atoms with van der Waals surface area (Å²) in [5.74, 6) is 0.179. The molecule has 3 N–H and O–H groups in total. The lowest BCUT2D eigenvalue weighted by Crippen LogP contribution is -2.62. The number of aliphatic hydroxyl groups is 2. The number of carbonyl (C=O) groups excluding carboxylic acids is 1. The second-order valence-corrected chi connectivity index (χ2v) is 18.2. The standard InChI is InChI=1S/C44H55NO6/c1-11-19-50-31(47)13-12-17-42(8)29-15-14-24-20-27-26-21-25-28-22-40(4,5)51-41(6,7)34(28)37(48)32(25)33-36(26)45(35(23(2)3)38(33)49)39(27)44(24,10)43(29,9)18-16-30(42)46/h11-12,17,21-22,24,29-30,34,37,46,48-49H,1-2,13-16,18-20H2,3-10H3/t24?,29-,30-,34?,37+,42-,43-,44+/m0/s1. The van der Waals surface area contributed by atoms with Crippen molar-refractivity contribution < 1.29 is 29.6 Å². The van der Waals surface area contributed by atoms with E-state index in [0.29, 0.717) is 12.3 Å². The Balaban J connectivity index is 1.34. The molecule has 2 aromatic heterocycles. The lowest BCUT2D eigenvalue weighted by atomic mass is 9.40. The number of aliphatic hydroxyl groups excluding tert-OH is 2. The summed E-state index contributed by atoms with van der Waals surface area (Å²) in [7, 11) is 0. The predicted molar refractivity (Wildman–Crippen MR) is 202 cm³/mol. The molecule has 5 aliphatic rings. The quantitative estimate of drug-likeness (QED) is 0.177. The minimum atomic E-state index is -0.831. The lowest BCUT2D eigenvalue weighted by molar-refractivity contribution is -0.145. The van der Waals surface area contributed by atoms with E-state index in [1.807, 2.05) is 13.0 Å². The normalized spacial score (nSPS) is 36.0. The van der Waals surface area contributed by atoms with Crippen molar-refractivity contribution in [3.63, 3.8) is 0 Å². The molecule has 2 saturated carbocycles. The van der Waals surface area contributed by atoms with Crippen molar-refractivity contribution in [2.45, 2.75) is 123 Å². The van der Waals surface area contributed by atoms with E-state index in [-0.39, 0.29) is 47.4 Å². The third-order valence-electron chi connectivity index (χ3n) is 14.6. The van der Waals surface area contributed by atoms with Gasteiger partial charge >= 0.3 is 5.97 Å². The predicted octanol–water partition coefficient (Wildman–Crippen LogP) is 8.59. The Kier molecular flexibility index (Phi) is 7.37. The van der Waals surface area contributed by atoms with Crippen LogP contribution >= 0.6 is 0 Å². The fourth-order valence-electron chi connectivity index (χ4n) is 12.6. The first kappa shape index (κ1) is 34.7. The van der Waals surface area contributed by atoms with Crippen LogP contribution in [0, 0.1) is 28.6 Å². The summed E-state index contributed by atoms with van der Waals surface area (Å²) >= 11 is 0. The Morgan fingerprint density at radius 3 is 2.53 bits per heavy atom. The molecule has 8 atom stereocenters. The second-order valence-electron chi connectivity index (χ2n) is 18.2. The van der Waals surface area contributed by atoms with E-state index in [2.05, 4.69) is 84.2 Å². The summed E-state index contributed by atoms with van der Waals surface area (Å²) in [5.41, 5.74) is 5.86. The highest BCUT2D eigenvalue weighted by Crippen LogP contribution is 2.71. The van der Waals surface area contributed by atoms with Crippen LogP contribution in [0.15, 0.2) is 43.5 Å². The van der Waals surface area contributed by atoms with Crippen LogP contribution < -0.4 is 0 Å². The Hall–Kier alpha value is -3.39. The molecule has 0 radical (unpaired) electrons. The number of allylic oxidation sites excluding steroid dienone is 1. The smallest absolute Gasteiger partial charge is 0.309 e. The fourth-order valence-corrected chi connectivity index (χ4v) is 12.6. The lowest BCUT2D eigenvalue weighted by Gasteiger charge is -2.64. The molecule has 0 amide bonds. The molecule has 51 heavy (non-hydrogen) atoms. The molecule has 2 fully saturated rings. The Morgan fingerprint density at radius 2 is 1.84 bits per heavy atom. The molecule has 0 spiro atoms. The number of rotatable bonds is 6. The first-order valence-corrected chi connectivity index (χ1v) is 18.9. The van der Waals surface area contributed by atoms with E-state index in [1.54, 1.807) is 6.08 Å². The topological polar surface area (TPSA) is 101 Å². The minimum absolute atomic E-state index is 0.154. The van der Waals surface area contributed by atoms with Crippen molar-refractivity contribution in [2.24, 2.45) is 28.6 Å². The Morgan fingerprint density at radius 1 is 1.12 bits per heavy atom. The zero-order valence-electron chi connectivity index (χ0n) is 31.7. The molecule has 7 heteroatoms. The number of hydrogen-bond acceptors (Lipinski definition) is 6. The van der Waals surface area contributed by atoms with Gasteiger partial charge in [0.25, 0.3) is 0 Å². The zero-order valence-corrected chi connectivity index (χ0v) is 31.7. The number of benzene rings is 1. The molecule has 4 aliphatic carbocycles. The average Bonchev–Trinajstić information content (AvgIpc) is 3.70. The van der Waals surface area contributed by atoms with Gasteiger partial charge in [0.15, 0.2) is 0 Å². The summed E-state index contributed by atoms with van der Waals surface area (Å²) < 4.78 is 14.1. The van der Waals surface area contributed by atoms with Gasteiger partial charge in [0, 0.05) is 38.8 Å². The highest BCUT2D eigenvalue weighted by Gasteiger charge is 2.67. The zero-order chi connectivity index (χ0) is 36.8. The van der Waals surface area contributed by atoms with E-state index >= 15 is 0 Å². The van der Waals surface area contributed by atoms with E-state index in [4.69, 9.17) is 9.47 Å². The van der Waals surface area contributed by atoms with Gasteiger partial charge in [-0.15, -0.1) is 0 Å². The maximum Gasteiger partial charge on any atom is 0.309 e. The molecule has 1 aliphatic heterocycles. The van der Waals surface area contributed by atoms with Gasteiger partial charge in [-0.3, -0.25) is 4.79 Å². The van der Waals surface area contributed by atoms with Gasteiger partial charge in [0.1, 0.15) is 12.4 Å². The molecule has 1 aromatic carbocycles. The maximum absolute atomic E-state index is 12.4. The largest absolute Gasteiger partial charge is 0.505 e. The molecule has 272 valence electrons. The van der Waals surface area contributed by atoms with Crippen LogP contribution in [0.2, 0.25) is 0 Å². The van der Waals surface area contributed by atoms with E-state index in [9.17, 15) is 20.1 Å². The van der Waals surface area contributed by atoms with Gasteiger partial charge in [-0.2, -0.15) is 0 Å². The van der Waals surface area contributed by atoms with Gasteiger partial charge in [-0.05, 0) is 118 Å². The van der Waals surface area contributed by atoms with Gasteiger partial charge < -0.3 is 29.2 Å². The number of ether oxygens (including phenoxy) is 2. The first-order valence-electron chi connectivity index (χ1n) is 18.9. The third kappa shape index (κ3) is 4.32. The van der Waals surface area contributed by atoms with Crippen molar-refractivity contribution in [2.75, 3.05) is 6.61 Å². The monoisotopic (exact) mass is 693 g/mol. The molecular formula is C44H55NO6. The van der Waals surface area contributed by atoms with Crippen molar-refractivity contribution in [3.05, 3.63) is 71.6 Å². The van der Waals surface area contributed by atoms with Crippen LogP contribution in [0.25, 0.3) is 27.4 Å². The van der Waals surface area contributed by atoms with Crippen LogP contribution in [0.3, 0.4) is 0 Å². The second kappa shape index (κ2) is 10.8.